The van der Waals surface area contributed by atoms with Crippen molar-refractivity contribution in [3.05, 3.63) is 78.4 Å². The second-order valence-corrected chi connectivity index (χ2v) is 21.1. The van der Waals surface area contributed by atoms with Gasteiger partial charge in [0.2, 0.25) is 0 Å². The zero-order valence-corrected chi connectivity index (χ0v) is 38.8. The summed E-state index contributed by atoms with van der Waals surface area (Å²) in [5, 5.41) is 2.60. The molecule has 2 aromatic carbocycles. The fourth-order valence-electron chi connectivity index (χ4n) is 6.77. The zero-order chi connectivity index (χ0) is 53.2. The number of anilines is 1. The number of nitrogens with one attached hydrogen (secondary N) is 1. The van der Waals surface area contributed by atoms with Crippen LogP contribution in [-0.4, -0.2) is 94.9 Å². The topological polar surface area (TPSA) is 92.3 Å². The number of methoxy groups -OCH3 is 1. The minimum Gasteiger partial charge on any atom is -0.497 e. The summed E-state index contributed by atoms with van der Waals surface area (Å²) in [4.78, 5) is 24.6. The highest BCUT2D eigenvalue weighted by molar-refractivity contribution is 6.76. The second-order valence-electron chi connectivity index (χ2n) is 16.1. The lowest BCUT2D eigenvalue weighted by molar-refractivity contribution is -0.461. The average Bonchev–Trinajstić information content (AvgIpc) is 3.24. The average molecular weight is 1040 g/mol. The molecule has 0 radical (unpaired) electrons. The van der Waals surface area contributed by atoms with Crippen molar-refractivity contribution in [2.45, 2.75) is 125 Å². The van der Waals surface area contributed by atoms with Crippen molar-refractivity contribution < 1.29 is 108 Å². The fourth-order valence-corrected chi connectivity index (χ4v) is 11.2. The number of halogens is 17. The van der Waals surface area contributed by atoms with Gasteiger partial charge in [-0.3, -0.25) is 5.32 Å². The molecule has 0 aliphatic rings. The normalized spacial score (nSPS) is 14.9. The second kappa shape index (κ2) is 23.0. The number of carbonyl (C=O) groups excluding carboxylic acids is 2. The molecular weight excluding hydrogens is 994 g/mol. The van der Waals surface area contributed by atoms with E-state index in [1.54, 1.807) is 50.3 Å². The summed E-state index contributed by atoms with van der Waals surface area (Å²) in [6, 6.07) is 10.9. The summed E-state index contributed by atoms with van der Waals surface area (Å²) in [6.07, 6.45) is -5.89. The van der Waals surface area contributed by atoms with E-state index in [2.05, 4.69) is 5.32 Å². The molecule has 2 rings (SSSR count). The van der Waals surface area contributed by atoms with Crippen LogP contribution in [0, 0.1) is 5.92 Å². The monoisotopic (exact) mass is 1040 g/mol. The van der Waals surface area contributed by atoms with Crippen LogP contribution in [0.25, 0.3) is 0 Å². The Kier molecular flexibility index (Phi) is 20.1. The standard InChI is InChI=1S/C43H50F17NO7Si/c1-8-65-33(62)13-11-9-10-12-28(6)34(68-35(63)61-30-16-20-31(64-7)21-17-30)29-14-18-32(19-15-29)66-23-24-67-69(26(2)3,27(4)5)25-22-36(44,45)37(46,47)38(48,49)39(50,51)40(52,53)41(54,55)42(56,57)43(58,59)60/h9-11,13-21,26-28,34H,8,12,22-25H2,1-7H3,(H,61,63)/b10-9+,13-11+/t28-,34+/m1/s1. The number of esters is 1. The molecule has 0 bridgehead atoms. The van der Waals surface area contributed by atoms with Crippen LogP contribution in [0.15, 0.2) is 72.8 Å². The number of allylic oxidation sites excluding steroid dienone is 3. The van der Waals surface area contributed by atoms with Gasteiger partial charge in [-0.1, -0.05) is 65.0 Å². The molecule has 69 heavy (non-hydrogen) atoms. The van der Waals surface area contributed by atoms with E-state index in [0.29, 0.717) is 23.4 Å². The van der Waals surface area contributed by atoms with Gasteiger partial charge in [0.05, 0.1) is 20.3 Å². The minimum absolute atomic E-state index is 0.131. The SMILES string of the molecule is CCOC(=O)/C=C/C=C/C[C@@H](C)[C@H](OC(=O)Nc1ccc(OC)cc1)c1ccc(OCCO[Si](CCC(F)(F)C(F)(F)C(F)(F)C(F)(F)C(F)(F)C(F)(F)C(F)(F)C(F)(F)F)(C(C)C)C(C)C)cc1. The number of ether oxygens (including phenoxy) is 4. The Morgan fingerprint density at radius 3 is 1.62 bits per heavy atom. The summed E-state index contributed by atoms with van der Waals surface area (Å²) < 4.78 is 264. The molecule has 0 unspecified atom stereocenters. The highest BCUT2D eigenvalue weighted by Gasteiger charge is 2.95. The number of hydrogen-bond acceptors (Lipinski definition) is 7. The lowest BCUT2D eigenvalue weighted by atomic mass is 9.88. The Labute approximate surface area is 386 Å². The lowest BCUT2D eigenvalue weighted by Gasteiger charge is -2.44. The lowest BCUT2D eigenvalue weighted by Crippen LogP contribution is -2.74. The molecule has 1 N–H and O–H groups in total. The van der Waals surface area contributed by atoms with E-state index in [1.165, 1.54) is 71.2 Å². The smallest absolute Gasteiger partial charge is 0.460 e. The Bertz CT molecular complexity index is 2020. The summed E-state index contributed by atoms with van der Waals surface area (Å²) in [5.41, 5.74) is -0.951. The van der Waals surface area contributed by atoms with Gasteiger partial charge in [-0.05, 0) is 72.4 Å². The van der Waals surface area contributed by atoms with Crippen LogP contribution in [0.5, 0.6) is 11.5 Å². The maximum absolute atomic E-state index is 15.0. The van der Waals surface area contributed by atoms with Crippen molar-refractivity contribution in [2.75, 3.05) is 32.2 Å². The molecule has 0 saturated carbocycles. The van der Waals surface area contributed by atoms with E-state index in [0.717, 1.165) is 0 Å². The first-order chi connectivity index (χ1) is 31.5. The van der Waals surface area contributed by atoms with Gasteiger partial charge >= 0.3 is 59.7 Å². The predicted octanol–water partition coefficient (Wildman–Crippen LogP) is 14.2. The fraction of sp³-hybridized carbons (Fsp3) is 0.581. The van der Waals surface area contributed by atoms with Gasteiger partial charge < -0.3 is 23.4 Å². The summed E-state index contributed by atoms with van der Waals surface area (Å²) >= 11 is 0. The van der Waals surface area contributed by atoms with Gasteiger partial charge in [0.1, 0.15) is 24.2 Å². The van der Waals surface area contributed by atoms with Crippen LogP contribution in [-0.2, 0) is 18.7 Å². The van der Waals surface area contributed by atoms with Crippen molar-refractivity contribution in [3.63, 3.8) is 0 Å². The first kappa shape index (κ1) is 60.4. The van der Waals surface area contributed by atoms with E-state index in [4.69, 9.17) is 23.4 Å². The van der Waals surface area contributed by atoms with Crippen molar-refractivity contribution in [2.24, 2.45) is 5.92 Å². The molecule has 0 fully saturated rings. The Morgan fingerprint density at radius 1 is 0.652 bits per heavy atom. The van der Waals surface area contributed by atoms with E-state index < -0.39 is 117 Å². The molecule has 0 aliphatic heterocycles. The van der Waals surface area contributed by atoms with Crippen LogP contribution >= 0.6 is 0 Å². The molecule has 2 atom stereocenters. The predicted molar refractivity (Wildman–Crippen MR) is 218 cm³/mol. The van der Waals surface area contributed by atoms with Crippen molar-refractivity contribution in [1.29, 1.82) is 0 Å². The molecule has 392 valence electrons. The summed E-state index contributed by atoms with van der Waals surface area (Å²) in [6.45, 7) is 7.91. The van der Waals surface area contributed by atoms with Gasteiger partial charge in [0.15, 0.2) is 8.32 Å². The molecule has 1 amide bonds. The first-order valence-electron chi connectivity index (χ1n) is 20.6. The summed E-state index contributed by atoms with van der Waals surface area (Å²) in [7, 11) is -2.56. The molecule has 0 saturated heterocycles. The van der Waals surface area contributed by atoms with E-state index in [-0.39, 0.29) is 12.4 Å². The first-order valence-corrected chi connectivity index (χ1v) is 22.9. The summed E-state index contributed by atoms with van der Waals surface area (Å²) in [5.74, 6) is -57.2. The van der Waals surface area contributed by atoms with Crippen molar-refractivity contribution in [3.8, 4) is 11.5 Å². The maximum atomic E-state index is 15.0. The van der Waals surface area contributed by atoms with Gasteiger partial charge in [0, 0.05) is 24.1 Å². The number of hydrogen-bond donors (Lipinski definition) is 1. The molecule has 0 spiro atoms. The third-order valence-corrected chi connectivity index (χ3v) is 16.5. The van der Waals surface area contributed by atoms with Crippen LogP contribution in [0.1, 0.15) is 66.1 Å². The van der Waals surface area contributed by atoms with Crippen LogP contribution in [0.2, 0.25) is 17.1 Å². The third-order valence-electron chi connectivity index (χ3n) is 10.9. The zero-order valence-electron chi connectivity index (χ0n) is 37.8. The molecule has 0 aromatic heterocycles. The molecular formula is C43H50F17NO7Si. The van der Waals surface area contributed by atoms with E-state index >= 15 is 8.78 Å². The third kappa shape index (κ3) is 13.2. The molecule has 0 heterocycles. The Morgan fingerprint density at radius 2 is 1.14 bits per heavy atom. The molecule has 0 aliphatic carbocycles. The van der Waals surface area contributed by atoms with E-state index in [1.807, 2.05) is 0 Å². The number of carbonyl (C=O) groups is 2. The number of alkyl halides is 17. The molecule has 8 nitrogen and oxygen atoms in total. The van der Waals surface area contributed by atoms with Gasteiger partial charge in [-0.25, -0.2) is 9.59 Å². The highest BCUT2D eigenvalue weighted by Crippen LogP contribution is 2.64. The van der Waals surface area contributed by atoms with E-state index in [9.17, 15) is 75.4 Å². The maximum Gasteiger partial charge on any atom is 0.460 e. The van der Waals surface area contributed by atoms with Crippen LogP contribution in [0.3, 0.4) is 0 Å². The number of amides is 1. The quantitative estimate of drug-likeness (QED) is 0.0251. The van der Waals surface area contributed by atoms with Crippen LogP contribution in [0.4, 0.5) is 85.1 Å². The molecule has 26 heteroatoms. The molecule has 2 aromatic rings. The highest BCUT2D eigenvalue weighted by atomic mass is 28.4. The minimum atomic E-state index is -8.70. The largest absolute Gasteiger partial charge is 0.497 e. The Balaban J connectivity index is 2.30. The van der Waals surface area contributed by atoms with Gasteiger partial charge in [-0.2, -0.15) is 74.6 Å². The number of benzene rings is 2. The van der Waals surface area contributed by atoms with Crippen molar-refractivity contribution >= 4 is 26.1 Å². The van der Waals surface area contributed by atoms with Gasteiger partial charge in [-0.15, -0.1) is 0 Å². The van der Waals surface area contributed by atoms with Gasteiger partial charge in [0.25, 0.3) is 0 Å². The van der Waals surface area contributed by atoms with Crippen LogP contribution < -0.4 is 14.8 Å². The number of rotatable bonds is 26. The Hall–Kier alpha value is -4.75. The van der Waals surface area contributed by atoms with Crippen molar-refractivity contribution in [1.82, 2.24) is 0 Å².